The molecule has 2 N–H and O–H groups in total. The molecule has 3 atom stereocenters. The molecule has 0 radical (unpaired) electrons. The largest absolute Gasteiger partial charge is 0.353 e. The van der Waals surface area contributed by atoms with Gasteiger partial charge >= 0.3 is 0 Å². The van der Waals surface area contributed by atoms with Crippen LogP contribution < -0.4 is 10.6 Å². The van der Waals surface area contributed by atoms with Gasteiger partial charge in [0.1, 0.15) is 0 Å². The molecule has 0 saturated carbocycles. The lowest BCUT2D eigenvalue weighted by molar-refractivity contribution is -0.122. The lowest BCUT2D eigenvalue weighted by Gasteiger charge is -2.30. The standard InChI is InChI=1S/C14H26N2O/c1-3-4-10(2)7-14(17)16-13-8-11-5-6-12(9-13)15-11/h10-13,15H,3-9H2,1-2H3,(H,16,17). The first-order valence-electron chi connectivity index (χ1n) is 7.22. The molecule has 2 aliphatic rings. The average molecular weight is 238 g/mol. The van der Waals surface area contributed by atoms with Crippen molar-refractivity contribution >= 4 is 5.91 Å². The Kier molecular flexibility index (Phi) is 4.43. The van der Waals surface area contributed by atoms with Crippen LogP contribution in [0.15, 0.2) is 0 Å². The third-order valence-electron chi connectivity index (χ3n) is 4.15. The van der Waals surface area contributed by atoms with E-state index in [0.29, 0.717) is 30.5 Å². The molecule has 2 rings (SSSR count). The van der Waals surface area contributed by atoms with Crippen LogP contribution in [-0.2, 0) is 4.79 Å². The molecule has 2 heterocycles. The molecule has 2 bridgehead atoms. The van der Waals surface area contributed by atoms with Crippen LogP contribution in [0, 0.1) is 5.92 Å². The SMILES string of the molecule is CCCC(C)CC(=O)NC1CC2CCC(C1)N2. The van der Waals surface area contributed by atoms with Crippen molar-refractivity contribution in [1.82, 2.24) is 10.6 Å². The number of carbonyl (C=O) groups excluding carboxylic acids is 1. The highest BCUT2D eigenvalue weighted by molar-refractivity contribution is 5.76. The normalized spacial score (nSPS) is 33.4. The molecule has 0 aromatic heterocycles. The van der Waals surface area contributed by atoms with E-state index in [4.69, 9.17) is 0 Å². The fourth-order valence-electron chi connectivity index (χ4n) is 3.37. The highest BCUT2D eigenvalue weighted by Crippen LogP contribution is 2.26. The molecule has 1 amide bonds. The topological polar surface area (TPSA) is 41.1 Å². The monoisotopic (exact) mass is 238 g/mol. The van der Waals surface area contributed by atoms with Crippen LogP contribution in [-0.4, -0.2) is 24.0 Å². The van der Waals surface area contributed by atoms with Gasteiger partial charge in [-0.05, 0) is 31.6 Å². The molecule has 17 heavy (non-hydrogen) atoms. The number of piperidine rings is 1. The number of rotatable bonds is 5. The predicted octanol–water partition coefficient (Wildman–Crippen LogP) is 2.21. The first kappa shape index (κ1) is 12.9. The first-order chi connectivity index (χ1) is 8.17. The van der Waals surface area contributed by atoms with Gasteiger partial charge in [0.25, 0.3) is 0 Å². The van der Waals surface area contributed by atoms with Gasteiger partial charge in [-0.1, -0.05) is 26.7 Å². The fraction of sp³-hybridized carbons (Fsp3) is 0.929. The van der Waals surface area contributed by atoms with Crippen LogP contribution in [0.1, 0.15) is 58.8 Å². The molecule has 3 heteroatoms. The molecule has 0 spiro atoms. The zero-order valence-corrected chi connectivity index (χ0v) is 11.2. The third-order valence-corrected chi connectivity index (χ3v) is 4.15. The number of nitrogens with one attached hydrogen (secondary N) is 2. The second-order valence-electron chi connectivity index (χ2n) is 5.97. The van der Waals surface area contributed by atoms with E-state index in [1.165, 1.54) is 19.3 Å². The third kappa shape index (κ3) is 3.70. The van der Waals surface area contributed by atoms with Gasteiger partial charge in [0.15, 0.2) is 0 Å². The summed E-state index contributed by atoms with van der Waals surface area (Å²) in [6.07, 6.45) is 7.88. The maximum Gasteiger partial charge on any atom is 0.220 e. The van der Waals surface area contributed by atoms with Crippen LogP contribution in [0.2, 0.25) is 0 Å². The van der Waals surface area contributed by atoms with Crippen LogP contribution in [0.3, 0.4) is 0 Å². The lowest BCUT2D eigenvalue weighted by atomic mass is 9.98. The fourth-order valence-corrected chi connectivity index (χ4v) is 3.37. The molecule has 0 aromatic rings. The van der Waals surface area contributed by atoms with Crippen molar-refractivity contribution in [1.29, 1.82) is 0 Å². The van der Waals surface area contributed by atoms with Crippen LogP contribution >= 0.6 is 0 Å². The Morgan fingerprint density at radius 3 is 2.59 bits per heavy atom. The Morgan fingerprint density at radius 1 is 1.35 bits per heavy atom. The summed E-state index contributed by atoms with van der Waals surface area (Å²) in [7, 11) is 0. The summed E-state index contributed by atoms with van der Waals surface area (Å²) in [5.74, 6) is 0.788. The maximum absolute atomic E-state index is 11.9. The van der Waals surface area contributed by atoms with Crippen molar-refractivity contribution < 1.29 is 4.79 Å². The zero-order valence-electron chi connectivity index (χ0n) is 11.2. The molecule has 2 fully saturated rings. The minimum Gasteiger partial charge on any atom is -0.353 e. The maximum atomic E-state index is 11.9. The van der Waals surface area contributed by atoms with E-state index in [0.717, 1.165) is 19.3 Å². The summed E-state index contributed by atoms with van der Waals surface area (Å²) in [4.78, 5) is 11.9. The number of hydrogen-bond donors (Lipinski definition) is 2. The molecule has 3 unspecified atom stereocenters. The molecular formula is C14H26N2O. The van der Waals surface area contributed by atoms with Gasteiger partial charge < -0.3 is 10.6 Å². The molecule has 0 aromatic carbocycles. The van der Waals surface area contributed by atoms with Crippen LogP contribution in [0.4, 0.5) is 0 Å². The Labute approximate surface area is 105 Å². The first-order valence-corrected chi connectivity index (χ1v) is 7.22. The van der Waals surface area contributed by atoms with Gasteiger partial charge in [-0.25, -0.2) is 0 Å². The van der Waals surface area contributed by atoms with Gasteiger partial charge in [-0.2, -0.15) is 0 Å². The van der Waals surface area contributed by atoms with Crippen LogP contribution in [0.5, 0.6) is 0 Å². The van der Waals surface area contributed by atoms with E-state index in [1.54, 1.807) is 0 Å². The summed E-state index contributed by atoms with van der Waals surface area (Å²) in [5.41, 5.74) is 0. The molecule has 98 valence electrons. The Balaban J connectivity index is 1.71. The number of amides is 1. The summed E-state index contributed by atoms with van der Waals surface area (Å²) in [5, 5.41) is 6.83. The minimum atomic E-state index is 0.261. The second kappa shape index (κ2) is 5.85. The Hall–Kier alpha value is -0.570. The second-order valence-corrected chi connectivity index (χ2v) is 5.97. The van der Waals surface area contributed by atoms with Gasteiger partial charge in [0.05, 0.1) is 0 Å². The number of fused-ring (bicyclic) bond motifs is 2. The van der Waals surface area contributed by atoms with E-state index in [2.05, 4.69) is 24.5 Å². The molecule has 3 nitrogen and oxygen atoms in total. The summed E-state index contributed by atoms with van der Waals surface area (Å²) in [6, 6.07) is 1.74. The summed E-state index contributed by atoms with van der Waals surface area (Å²) >= 11 is 0. The van der Waals surface area contributed by atoms with Crippen molar-refractivity contribution in [3.05, 3.63) is 0 Å². The smallest absolute Gasteiger partial charge is 0.220 e. The van der Waals surface area contributed by atoms with Crippen molar-refractivity contribution in [2.45, 2.75) is 76.9 Å². The Bertz CT molecular complexity index is 255. The molecule has 2 aliphatic heterocycles. The average Bonchev–Trinajstić information content (AvgIpc) is 2.58. The van der Waals surface area contributed by atoms with Crippen molar-refractivity contribution in [3.8, 4) is 0 Å². The van der Waals surface area contributed by atoms with Crippen molar-refractivity contribution in [3.63, 3.8) is 0 Å². The molecule has 2 saturated heterocycles. The van der Waals surface area contributed by atoms with E-state index in [1.807, 2.05) is 0 Å². The zero-order chi connectivity index (χ0) is 12.3. The van der Waals surface area contributed by atoms with Gasteiger partial charge in [0, 0.05) is 24.5 Å². The van der Waals surface area contributed by atoms with Gasteiger partial charge in [-0.15, -0.1) is 0 Å². The number of carbonyl (C=O) groups is 1. The van der Waals surface area contributed by atoms with Gasteiger partial charge in [-0.3, -0.25) is 4.79 Å². The van der Waals surface area contributed by atoms with Crippen molar-refractivity contribution in [2.24, 2.45) is 5.92 Å². The highest BCUT2D eigenvalue weighted by Gasteiger charge is 2.33. The van der Waals surface area contributed by atoms with E-state index in [9.17, 15) is 4.79 Å². The summed E-state index contributed by atoms with van der Waals surface area (Å²) in [6.45, 7) is 4.36. The number of hydrogen-bond acceptors (Lipinski definition) is 2. The highest BCUT2D eigenvalue weighted by atomic mass is 16.1. The van der Waals surface area contributed by atoms with E-state index >= 15 is 0 Å². The van der Waals surface area contributed by atoms with E-state index in [-0.39, 0.29) is 5.91 Å². The predicted molar refractivity (Wildman–Crippen MR) is 69.8 cm³/mol. The molecule has 0 aliphatic carbocycles. The lowest BCUT2D eigenvalue weighted by Crippen LogP contribution is -2.48. The quantitative estimate of drug-likeness (QED) is 0.771. The van der Waals surface area contributed by atoms with E-state index < -0.39 is 0 Å². The molecular weight excluding hydrogens is 212 g/mol. The minimum absolute atomic E-state index is 0.261. The Morgan fingerprint density at radius 2 is 2.00 bits per heavy atom. The van der Waals surface area contributed by atoms with Crippen LogP contribution in [0.25, 0.3) is 0 Å². The summed E-state index contributed by atoms with van der Waals surface area (Å²) < 4.78 is 0. The van der Waals surface area contributed by atoms with Crippen molar-refractivity contribution in [2.75, 3.05) is 0 Å². The van der Waals surface area contributed by atoms with Gasteiger partial charge in [0.2, 0.25) is 5.91 Å².